The van der Waals surface area contributed by atoms with Gasteiger partial charge in [0.15, 0.2) is 0 Å². The van der Waals surface area contributed by atoms with Gasteiger partial charge in [0.05, 0.1) is 17.1 Å². The van der Waals surface area contributed by atoms with Crippen molar-refractivity contribution < 1.29 is 4.79 Å². The van der Waals surface area contributed by atoms with Crippen LogP contribution in [0.2, 0.25) is 0 Å². The third-order valence-corrected chi connectivity index (χ3v) is 4.92. The van der Waals surface area contributed by atoms with Gasteiger partial charge in [0.25, 0.3) is 5.91 Å². The fraction of sp³-hybridized carbons (Fsp3) is 0.304. The van der Waals surface area contributed by atoms with E-state index in [1.807, 2.05) is 71.3 Å². The lowest BCUT2D eigenvalue weighted by Gasteiger charge is -2.25. The van der Waals surface area contributed by atoms with Crippen LogP contribution in [-0.2, 0) is 6.42 Å². The molecule has 5 nitrogen and oxygen atoms in total. The molecular weight excluding hydrogens is 348 g/mol. The quantitative estimate of drug-likeness (QED) is 0.673. The van der Waals surface area contributed by atoms with E-state index in [4.69, 9.17) is 0 Å². The summed E-state index contributed by atoms with van der Waals surface area (Å²) in [6.07, 6.45) is 4.28. The molecule has 144 valence electrons. The van der Waals surface area contributed by atoms with E-state index >= 15 is 0 Å². The fourth-order valence-electron chi connectivity index (χ4n) is 3.16. The number of amides is 1. The highest BCUT2D eigenvalue weighted by atomic mass is 16.2. The largest absolute Gasteiger partial charge is 0.339 e. The predicted molar refractivity (Wildman–Crippen MR) is 111 cm³/mol. The number of aromatic nitrogens is 3. The summed E-state index contributed by atoms with van der Waals surface area (Å²) in [7, 11) is 1.84. The van der Waals surface area contributed by atoms with E-state index in [2.05, 4.69) is 21.0 Å². The lowest BCUT2D eigenvalue weighted by molar-refractivity contribution is 0.0743. The average Bonchev–Trinajstić information content (AvgIpc) is 2.68. The molecule has 0 spiro atoms. The van der Waals surface area contributed by atoms with Crippen molar-refractivity contribution >= 4 is 5.91 Å². The van der Waals surface area contributed by atoms with Gasteiger partial charge in [-0.15, -0.1) is 0 Å². The maximum Gasteiger partial charge on any atom is 0.253 e. The number of likely N-dealkylation sites (N-methyl/N-ethyl adjacent to an activating group) is 1. The fourth-order valence-corrected chi connectivity index (χ4v) is 3.16. The zero-order valence-electron chi connectivity index (χ0n) is 17.1. The predicted octanol–water partition coefficient (Wildman–Crippen LogP) is 4.17. The molecule has 2 heterocycles. The first kappa shape index (κ1) is 19.7. The summed E-state index contributed by atoms with van der Waals surface area (Å²) in [5.41, 5.74) is 6.23. The molecule has 1 amide bonds. The SMILES string of the molecule is Cc1ccnc(C[C@@H](C)N(C)C(=O)c2cccc(-c3nc(C)cnc3C)c2)c1. The Morgan fingerprint density at radius 3 is 2.64 bits per heavy atom. The summed E-state index contributed by atoms with van der Waals surface area (Å²) < 4.78 is 0. The van der Waals surface area contributed by atoms with E-state index in [-0.39, 0.29) is 11.9 Å². The Hall–Kier alpha value is -3.08. The van der Waals surface area contributed by atoms with Gasteiger partial charge in [-0.1, -0.05) is 12.1 Å². The molecule has 0 aliphatic carbocycles. The van der Waals surface area contributed by atoms with Crippen LogP contribution in [0.1, 0.15) is 39.9 Å². The van der Waals surface area contributed by atoms with Gasteiger partial charge in [-0.3, -0.25) is 14.8 Å². The Balaban J connectivity index is 1.81. The van der Waals surface area contributed by atoms with Gasteiger partial charge in [0.1, 0.15) is 0 Å². The van der Waals surface area contributed by atoms with Crippen LogP contribution in [0.4, 0.5) is 0 Å². The molecule has 5 heteroatoms. The smallest absolute Gasteiger partial charge is 0.253 e. The van der Waals surface area contributed by atoms with Gasteiger partial charge < -0.3 is 4.90 Å². The summed E-state index contributed by atoms with van der Waals surface area (Å²) in [4.78, 5) is 28.2. The van der Waals surface area contributed by atoms with Gasteiger partial charge in [0.2, 0.25) is 0 Å². The van der Waals surface area contributed by atoms with E-state index in [9.17, 15) is 4.79 Å². The van der Waals surface area contributed by atoms with Gasteiger partial charge in [-0.05, 0) is 57.5 Å². The first-order valence-electron chi connectivity index (χ1n) is 9.44. The Labute approximate surface area is 166 Å². The zero-order chi connectivity index (χ0) is 20.3. The van der Waals surface area contributed by atoms with Crippen LogP contribution < -0.4 is 0 Å². The monoisotopic (exact) mass is 374 g/mol. The molecule has 0 N–H and O–H groups in total. The molecule has 0 saturated carbocycles. The van der Waals surface area contributed by atoms with Crippen molar-refractivity contribution in [1.29, 1.82) is 0 Å². The second kappa shape index (κ2) is 8.30. The third kappa shape index (κ3) is 4.42. The van der Waals surface area contributed by atoms with Crippen molar-refractivity contribution in [2.75, 3.05) is 7.05 Å². The van der Waals surface area contributed by atoms with E-state index in [1.54, 1.807) is 11.1 Å². The van der Waals surface area contributed by atoms with Crippen LogP contribution >= 0.6 is 0 Å². The van der Waals surface area contributed by atoms with E-state index in [0.29, 0.717) is 12.0 Å². The molecule has 0 unspecified atom stereocenters. The first-order chi connectivity index (χ1) is 13.3. The molecule has 1 atom stereocenters. The van der Waals surface area contributed by atoms with Crippen molar-refractivity contribution in [1.82, 2.24) is 19.9 Å². The second-order valence-electron chi connectivity index (χ2n) is 7.32. The van der Waals surface area contributed by atoms with Crippen LogP contribution in [0.15, 0.2) is 48.8 Å². The molecular formula is C23H26N4O. The van der Waals surface area contributed by atoms with Crippen molar-refractivity contribution in [2.45, 2.75) is 40.2 Å². The molecule has 2 aromatic heterocycles. The number of carbonyl (C=O) groups excluding carboxylic acids is 1. The van der Waals surface area contributed by atoms with Crippen LogP contribution in [0.5, 0.6) is 0 Å². The van der Waals surface area contributed by atoms with Gasteiger partial charge in [-0.25, -0.2) is 4.98 Å². The Kier molecular flexibility index (Phi) is 5.83. The van der Waals surface area contributed by atoms with Crippen LogP contribution in [0, 0.1) is 20.8 Å². The lowest BCUT2D eigenvalue weighted by atomic mass is 10.0. The highest BCUT2D eigenvalue weighted by molar-refractivity contribution is 5.95. The number of aryl methyl sites for hydroxylation is 3. The summed E-state index contributed by atoms with van der Waals surface area (Å²) in [6.45, 7) is 7.94. The molecule has 0 saturated heterocycles. The Morgan fingerprint density at radius 1 is 1.11 bits per heavy atom. The number of hydrogen-bond acceptors (Lipinski definition) is 4. The van der Waals surface area contributed by atoms with Crippen molar-refractivity contribution in [3.8, 4) is 11.3 Å². The molecule has 0 radical (unpaired) electrons. The number of hydrogen-bond donors (Lipinski definition) is 0. The summed E-state index contributed by atoms with van der Waals surface area (Å²) in [5.74, 6) is -0.0136. The normalized spacial score (nSPS) is 11.9. The minimum absolute atomic E-state index is 0.0136. The highest BCUT2D eigenvalue weighted by Gasteiger charge is 2.19. The van der Waals surface area contributed by atoms with Crippen LogP contribution in [0.3, 0.4) is 0 Å². The summed E-state index contributed by atoms with van der Waals surface area (Å²) in [6, 6.07) is 11.7. The number of pyridine rings is 1. The third-order valence-electron chi connectivity index (χ3n) is 4.92. The minimum Gasteiger partial charge on any atom is -0.339 e. The first-order valence-corrected chi connectivity index (χ1v) is 9.44. The van der Waals surface area contributed by atoms with Crippen molar-refractivity contribution in [3.63, 3.8) is 0 Å². The maximum absolute atomic E-state index is 13.0. The van der Waals surface area contributed by atoms with Crippen LogP contribution in [0.25, 0.3) is 11.3 Å². The summed E-state index contributed by atoms with van der Waals surface area (Å²) in [5, 5.41) is 0. The average molecular weight is 374 g/mol. The molecule has 0 bridgehead atoms. The highest BCUT2D eigenvalue weighted by Crippen LogP contribution is 2.22. The van der Waals surface area contributed by atoms with Crippen molar-refractivity contribution in [2.24, 2.45) is 0 Å². The standard InChI is InChI=1S/C23H26N4O/c1-15-9-10-24-21(11-15)12-17(3)27(5)23(28)20-8-6-7-19(13-20)22-18(4)25-14-16(2)26-22/h6-11,13-14,17H,12H2,1-5H3/t17-/m1/s1. The van der Waals surface area contributed by atoms with Gasteiger partial charge in [-0.2, -0.15) is 0 Å². The maximum atomic E-state index is 13.0. The number of nitrogens with zero attached hydrogens (tertiary/aromatic N) is 4. The molecule has 0 aliphatic heterocycles. The topological polar surface area (TPSA) is 59.0 Å². The zero-order valence-corrected chi connectivity index (χ0v) is 17.1. The van der Waals surface area contributed by atoms with E-state index in [1.165, 1.54) is 5.56 Å². The van der Waals surface area contributed by atoms with E-state index in [0.717, 1.165) is 28.3 Å². The molecule has 0 aliphatic rings. The molecule has 28 heavy (non-hydrogen) atoms. The van der Waals surface area contributed by atoms with Crippen molar-refractivity contribution in [3.05, 3.63) is 77.0 Å². The van der Waals surface area contributed by atoms with Gasteiger partial charge >= 0.3 is 0 Å². The molecule has 0 fully saturated rings. The summed E-state index contributed by atoms with van der Waals surface area (Å²) >= 11 is 0. The minimum atomic E-state index is -0.0136. The Bertz CT molecular complexity index is 999. The Morgan fingerprint density at radius 2 is 1.89 bits per heavy atom. The van der Waals surface area contributed by atoms with Crippen LogP contribution in [-0.4, -0.2) is 38.8 Å². The number of rotatable bonds is 5. The molecule has 3 aromatic rings. The molecule has 1 aromatic carbocycles. The number of carbonyl (C=O) groups is 1. The number of benzene rings is 1. The van der Waals surface area contributed by atoms with E-state index < -0.39 is 0 Å². The lowest BCUT2D eigenvalue weighted by Crippen LogP contribution is -2.36. The molecule has 3 rings (SSSR count). The second-order valence-corrected chi connectivity index (χ2v) is 7.32. The van der Waals surface area contributed by atoms with Gasteiger partial charge in [0, 0.05) is 48.7 Å².